The van der Waals surface area contributed by atoms with Gasteiger partial charge in [0.25, 0.3) is 0 Å². The number of ether oxygens (including phenoxy) is 2. The van der Waals surface area contributed by atoms with Crippen molar-refractivity contribution in [2.24, 2.45) is 0 Å². The van der Waals surface area contributed by atoms with Crippen molar-refractivity contribution in [2.45, 2.75) is 19.4 Å². The predicted molar refractivity (Wildman–Crippen MR) is 79.3 cm³/mol. The summed E-state index contributed by atoms with van der Waals surface area (Å²) in [6.07, 6.45) is 0.429. The Morgan fingerprint density at radius 1 is 1.26 bits per heavy atom. The lowest BCUT2D eigenvalue weighted by Gasteiger charge is -2.12. The summed E-state index contributed by atoms with van der Waals surface area (Å²) in [4.78, 5) is 0. The molecule has 0 aliphatic carbocycles. The molecule has 1 aromatic rings. The number of halogens is 1. The highest BCUT2D eigenvalue weighted by Crippen LogP contribution is 2.12. The molecule has 1 rings (SSSR count). The summed E-state index contributed by atoms with van der Waals surface area (Å²) >= 11 is 0. The van der Waals surface area contributed by atoms with Crippen LogP contribution in [0.15, 0.2) is 24.3 Å². The number of methoxy groups -OCH3 is 1. The van der Waals surface area contributed by atoms with Gasteiger partial charge in [-0.2, -0.15) is 0 Å². The van der Waals surface area contributed by atoms with Crippen LogP contribution in [0.25, 0.3) is 0 Å². The summed E-state index contributed by atoms with van der Waals surface area (Å²) in [6.45, 7) is 4.45. The van der Waals surface area contributed by atoms with Crippen LogP contribution in [-0.4, -0.2) is 44.6 Å². The van der Waals surface area contributed by atoms with Crippen molar-refractivity contribution in [3.63, 3.8) is 0 Å². The Morgan fingerprint density at radius 2 is 1.95 bits per heavy atom. The van der Waals surface area contributed by atoms with E-state index in [0.29, 0.717) is 13.2 Å². The first kappa shape index (κ1) is 18.2. The van der Waals surface area contributed by atoms with Gasteiger partial charge in [0.1, 0.15) is 18.5 Å². The monoisotopic (exact) mass is 289 g/mol. The predicted octanol–water partition coefficient (Wildman–Crippen LogP) is 1.65. The average molecular weight is 290 g/mol. The molecule has 0 aliphatic rings. The maximum Gasteiger partial charge on any atom is 0.119 e. The lowest BCUT2D eigenvalue weighted by atomic mass is 10.1. The van der Waals surface area contributed by atoms with Crippen LogP contribution in [0, 0.1) is 0 Å². The second kappa shape index (κ2) is 11.1. The van der Waals surface area contributed by atoms with E-state index in [1.165, 1.54) is 5.56 Å². The van der Waals surface area contributed by atoms with E-state index in [2.05, 4.69) is 5.32 Å². The normalized spacial score (nSPS) is 11.7. The van der Waals surface area contributed by atoms with Crippen molar-refractivity contribution >= 4 is 12.4 Å². The summed E-state index contributed by atoms with van der Waals surface area (Å²) in [6, 6.07) is 7.88. The molecule has 19 heavy (non-hydrogen) atoms. The Morgan fingerprint density at radius 3 is 2.53 bits per heavy atom. The van der Waals surface area contributed by atoms with Crippen molar-refractivity contribution < 1.29 is 14.6 Å². The molecule has 4 nitrogen and oxygen atoms in total. The van der Waals surface area contributed by atoms with E-state index < -0.39 is 6.10 Å². The van der Waals surface area contributed by atoms with Gasteiger partial charge in [-0.05, 0) is 30.7 Å². The Hall–Kier alpha value is -0.810. The maximum absolute atomic E-state index is 9.61. The van der Waals surface area contributed by atoms with E-state index in [-0.39, 0.29) is 12.4 Å². The third-order valence-electron chi connectivity index (χ3n) is 2.59. The molecule has 0 amide bonds. The molecule has 0 aliphatic heterocycles. The van der Waals surface area contributed by atoms with Gasteiger partial charge in [0.2, 0.25) is 0 Å². The molecule has 5 heteroatoms. The van der Waals surface area contributed by atoms with Gasteiger partial charge in [0, 0.05) is 13.7 Å². The lowest BCUT2D eigenvalue weighted by molar-refractivity contribution is 0.107. The Balaban J connectivity index is 0.00000324. The van der Waals surface area contributed by atoms with E-state index in [1.54, 1.807) is 7.11 Å². The van der Waals surface area contributed by atoms with Crippen LogP contribution < -0.4 is 10.1 Å². The number of aliphatic hydroxyl groups is 1. The summed E-state index contributed by atoms with van der Waals surface area (Å²) in [7, 11) is 1.70. The largest absolute Gasteiger partial charge is 0.491 e. The van der Waals surface area contributed by atoms with Crippen LogP contribution in [-0.2, 0) is 11.2 Å². The first-order valence-electron chi connectivity index (χ1n) is 6.35. The molecule has 0 bridgehead atoms. The van der Waals surface area contributed by atoms with Gasteiger partial charge < -0.3 is 19.9 Å². The van der Waals surface area contributed by atoms with Crippen molar-refractivity contribution in [1.82, 2.24) is 5.32 Å². The van der Waals surface area contributed by atoms with Gasteiger partial charge >= 0.3 is 0 Å². The molecule has 0 saturated carbocycles. The Bertz CT molecular complexity index is 319. The van der Waals surface area contributed by atoms with E-state index >= 15 is 0 Å². The zero-order chi connectivity index (χ0) is 13.2. The first-order chi connectivity index (χ1) is 8.76. The first-order valence-corrected chi connectivity index (χ1v) is 6.35. The summed E-state index contributed by atoms with van der Waals surface area (Å²) in [5.41, 5.74) is 1.22. The second-order valence-corrected chi connectivity index (χ2v) is 4.16. The zero-order valence-corrected chi connectivity index (χ0v) is 12.4. The molecule has 0 fully saturated rings. The van der Waals surface area contributed by atoms with Gasteiger partial charge in [-0.1, -0.05) is 19.1 Å². The van der Waals surface area contributed by atoms with Crippen molar-refractivity contribution in [3.8, 4) is 5.75 Å². The molecule has 2 N–H and O–H groups in total. The highest BCUT2D eigenvalue weighted by Gasteiger charge is 2.04. The molecule has 1 aromatic carbocycles. The second-order valence-electron chi connectivity index (χ2n) is 4.16. The van der Waals surface area contributed by atoms with Crippen LogP contribution >= 0.6 is 12.4 Å². The van der Waals surface area contributed by atoms with Crippen molar-refractivity contribution in [1.29, 1.82) is 0 Å². The van der Waals surface area contributed by atoms with Crippen molar-refractivity contribution in [2.75, 3.05) is 33.4 Å². The number of hydrogen-bond donors (Lipinski definition) is 2. The van der Waals surface area contributed by atoms with Gasteiger partial charge in [-0.15, -0.1) is 12.4 Å². The minimum absolute atomic E-state index is 0. The van der Waals surface area contributed by atoms with E-state index in [1.807, 2.05) is 31.2 Å². The third kappa shape index (κ3) is 8.06. The zero-order valence-electron chi connectivity index (χ0n) is 11.6. The van der Waals surface area contributed by atoms with Gasteiger partial charge in [0.05, 0.1) is 6.61 Å². The quantitative estimate of drug-likeness (QED) is 0.726. The fraction of sp³-hybridized carbons (Fsp3) is 0.571. The molecule has 0 radical (unpaired) electrons. The number of hydrogen-bond acceptors (Lipinski definition) is 4. The number of likely N-dealkylation sites (N-methyl/N-ethyl adjacent to an activating group) is 1. The fourth-order valence-corrected chi connectivity index (χ4v) is 1.53. The standard InChI is InChI=1S/C14H23NO3.ClH/c1-3-15-10-13(16)11-18-14-6-4-12(5-7-14)8-9-17-2;/h4-7,13,15-16H,3,8-11H2,1-2H3;1H. The summed E-state index contributed by atoms with van der Waals surface area (Å²) in [5.74, 6) is 0.784. The summed E-state index contributed by atoms with van der Waals surface area (Å²) in [5, 5.41) is 12.7. The lowest BCUT2D eigenvalue weighted by Crippen LogP contribution is -2.31. The molecule has 0 spiro atoms. The van der Waals surface area contributed by atoms with Crippen LogP contribution in [0.4, 0.5) is 0 Å². The highest BCUT2D eigenvalue weighted by molar-refractivity contribution is 5.85. The van der Waals surface area contributed by atoms with Crippen LogP contribution in [0.1, 0.15) is 12.5 Å². The minimum atomic E-state index is -0.474. The minimum Gasteiger partial charge on any atom is -0.491 e. The molecule has 1 atom stereocenters. The highest BCUT2D eigenvalue weighted by atomic mass is 35.5. The Labute approximate surface area is 121 Å². The number of benzene rings is 1. The maximum atomic E-state index is 9.61. The number of rotatable bonds is 9. The molecular formula is C14H24ClNO3. The molecule has 110 valence electrons. The van der Waals surface area contributed by atoms with Crippen LogP contribution in [0.2, 0.25) is 0 Å². The number of nitrogens with one attached hydrogen (secondary N) is 1. The molecule has 0 saturated heterocycles. The van der Waals surface area contributed by atoms with Gasteiger partial charge in [0.15, 0.2) is 0 Å². The third-order valence-corrected chi connectivity index (χ3v) is 2.59. The SMILES string of the molecule is CCNCC(O)COc1ccc(CCOC)cc1.Cl. The summed E-state index contributed by atoms with van der Waals surface area (Å²) < 4.78 is 10.5. The molecule has 0 aromatic heterocycles. The fourth-order valence-electron chi connectivity index (χ4n) is 1.53. The smallest absolute Gasteiger partial charge is 0.119 e. The molecule has 1 unspecified atom stereocenters. The van der Waals surface area contributed by atoms with E-state index in [9.17, 15) is 5.11 Å². The van der Waals surface area contributed by atoms with Crippen LogP contribution in [0.5, 0.6) is 5.75 Å². The molecule has 0 heterocycles. The van der Waals surface area contributed by atoms with Gasteiger partial charge in [-0.3, -0.25) is 0 Å². The average Bonchev–Trinajstić information content (AvgIpc) is 2.41. The van der Waals surface area contributed by atoms with E-state index in [4.69, 9.17) is 9.47 Å². The Kier molecular flexibility index (Phi) is 10.6. The van der Waals surface area contributed by atoms with Crippen molar-refractivity contribution in [3.05, 3.63) is 29.8 Å². The number of aliphatic hydroxyl groups excluding tert-OH is 1. The van der Waals surface area contributed by atoms with Gasteiger partial charge in [-0.25, -0.2) is 0 Å². The van der Waals surface area contributed by atoms with Crippen LogP contribution in [0.3, 0.4) is 0 Å². The van der Waals surface area contributed by atoms with E-state index in [0.717, 1.165) is 25.3 Å². The topological polar surface area (TPSA) is 50.7 Å². The molecular weight excluding hydrogens is 266 g/mol.